The maximum absolute atomic E-state index is 12.8. The lowest BCUT2D eigenvalue weighted by Crippen LogP contribution is -2.21. The van der Waals surface area contributed by atoms with Crippen LogP contribution in [0.2, 0.25) is 0 Å². The summed E-state index contributed by atoms with van der Waals surface area (Å²) >= 11 is 0. The predicted molar refractivity (Wildman–Crippen MR) is 112 cm³/mol. The molecule has 0 saturated heterocycles. The van der Waals surface area contributed by atoms with E-state index in [1.165, 1.54) is 5.56 Å². The molecule has 0 radical (unpaired) electrons. The van der Waals surface area contributed by atoms with E-state index in [2.05, 4.69) is 21.6 Å². The molecule has 4 N–H and O–H groups in total. The molecule has 144 valence electrons. The first-order valence-electron chi connectivity index (χ1n) is 9.12. The Bertz CT molecular complexity index is 1080. The topological polar surface area (TPSA) is 108 Å². The average Bonchev–Trinajstić information content (AvgIpc) is 2.92. The monoisotopic (exact) mass is 395 g/mol. The number of halogens is 1. The number of nitrogens with zero attached hydrogens (tertiary/aromatic N) is 2. The lowest BCUT2D eigenvalue weighted by molar-refractivity contribution is 0.102. The van der Waals surface area contributed by atoms with Gasteiger partial charge in [-0.15, -0.1) is 12.4 Å². The summed E-state index contributed by atoms with van der Waals surface area (Å²) in [6.07, 6.45) is 3.91. The van der Waals surface area contributed by atoms with Crippen LogP contribution in [0.25, 0.3) is 10.9 Å². The van der Waals surface area contributed by atoms with E-state index in [0.29, 0.717) is 16.9 Å². The number of carbonyl (C=O) groups is 1. The molecule has 2 aromatic carbocycles. The van der Waals surface area contributed by atoms with Crippen LogP contribution in [-0.2, 0) is 12.8 Å². The summed E-state index contributed by atoms with van der Waals surface area (Å²) < 4.78 is 0. The minimum absolute atomic E-state index is 0. The van der Waals surface area contributed by atoms with Crippen molar-refractivity contribution >= 4 is 35.0 Å². The number of carbonyl (C=O) groups excluding carboxylic acids is 1. The van der Waals surface area contributed by atoms with Crippen molar-refractivity contribution in [1.29, 1.82) is 5.26 Å². The van der Waals surface area contributed by atoms with Crippen LogP contribution in [0, 0.1) is 18.3 Å². The largest absolute Gasteiger partial charge is 0.327 e. The molecule has 1 unspecified atom stereocenters. The second-order valence-electron chi connectivity index (χ2n) is 7.19. The Morgan fingerprint density at radius 1 is 1.32 bits per heavy atom. The maximum Gasteiger partial charge on any atom is 0.256 e. The molecule has 28 heavy (non-hydrogen) atoms. The van der Waals surface area contributed by atoms with Gasteiger partial charge in [0.1, 0.15) is 0 Å². The number of amides is 1. The summed E-state index contributed by atoms with van der Waals surface area (Å²) in [5.74, 6) is 0.264. The van der Waals surface area contributed by atoms with Gasteiger partial charge in [-0.2, -0.15) is 10.4 Å². The molecule has 6 nitrogen and oxygen atoms in total. The standard InChI is InChI=1S/C21H21N5O.ClH/c1-12-7-18-19(10-16(12)11-22)25-26-20(18)24-21(27)14-6-5-13-3-2-4-17(23)9-15(13)8-14;/h5-8,10,17H,2-4,9,23H2,1H3,(H2,24,25,26,27);1H. The van der Waals surface area contributed by atoms with Gasteiger partial charge in [-0.3, -0.25) is 9.89 Å². The third kappa shape index (κ3) is 3.72. The van der Waals surface area contributed by atoms with Crippen LogP contribution in [0.1, 0.15) is 45.5 Å². The number of aryl methyl sites for hydroxylation is 2. The van der Waals surface area contributed by atoms with Crippen molar-refractivity contribution in [2.75, 3.05) is 5.32 Å². The Kier molecular flexibility index (Phi) is 5.68. The first-order chi connectivity index (χ1) is 13.0. The zero-order valence-electron chi connectivity index (χ0n) is 15.6. The molecular formula is C21H22ClN5O. The number of nitriles is 1. The second kappa shape index (κ2) is 8.01. The second-order valence-corrected chi connectivity index (χ2v) is 7.19. The van der Waals surface area contributed by atoms with E-state index in [4.69, 9.17) is 11.0 Å². The van der Waals surface area contributed by atoms with Crippen LogP contribution in [0.3, 0.4) is 0 Å². The molecule has 1 aliphatic rings. The minimum Gasteiger partial charge on any atom is -0.327 e. The van der Waals surface area contributed by atoms with E-state index in [-0.39, 0.29) is 24.4 Å². The number of nitrogens with two attached hydrogens (primary N) is 1. The van der Waals surface area contributed by atoms with E-state index >= 15 is 0 Å². The van der Waals surface area contributed by atoms with Crippen LogP contribution in [0.15, 0.2) is 30.3 Å². The zero-order valence-corrected chi connectivity index (χ0v) is 16.4. The van der Waals surface area contributed by atoms with Crippen molar-refractivity contribution in [2.45, 2.75) is 38.6 Å². The predicted octanol–water partition coefficient (Wildman–Crippen LogP) is 3.62. The Morgan fingerprint density at radius 3 is 2.93 bits per heavy atom. The number of hydrogen-bond acceptors (Lipinski definition) is 4. The SMILES string of the molecule is Cc1cc2c(NC(=O)c3ccc4c(c3)CC(N)CCC4)n[nH]c2cc1C#N.Cl. The van der Waals surface area contributed by atoms with E-state index < -0.39 is 0 Å². The number of aromatic nitrogens is 2. The zero-order chi connectivity index (χ0) is 19.0. The van der Waals surface area contributed by atoms with Gasteiger partial charge in [0.15, 0.2) is 5.82 Å². The van der Waals surface area contributed by atoms with Crippen molar-refractivity contribution < 1.29 is 4.79 Å². The third-order valence-corrected chi connectivity index (χ3v) is 5.23. The first kappa shape index (κ1) is 19.9. The highest BCUT2D eigenvalue weighted by atomic mass is 35.5. The van der Waals surface area contributed by atoms with Gasteiger partial charge in [-0.1, -0.05) is 6.07 Å². The maximum atomic E-state index is 12.8. The van der Waals surface area contributed by atoms with Crippen LogP contribution in [-0.4, -0.2) is 22.1 Å². The Labute approximate surface area is 169 Å². The number of fused-ring (bicyclic) bond motifs is 2. The van der Waals surface area contributed by atoms with Gasteiger partial charge in [0.05, 0.1) is 17.1 Å². The number of H-pyrrole nitrogens is 1. The minimum atomic E-state index is -0.203. The molecule has 0 bridgehead atoms. The number of nitrogens with one attached hydrogen (secondary N) is 2. The van der Waals surface area contributed by atoms with E-state index in [1.54, 1.807) is 6.07 Å². The fourth-order valence-corrected chi connectivity index (χ4v) is 3.71. The highest BCUT2D eigenvalue weighted by Crippen LogP contribution is 2.25. The van der Waals surface area contributed by atoms with Crippen molar-refractivity contribution in [3.8, 4) is 6.07 Å². The Hall–Kier alpha value is -2.88. The fraction of sp³-hybridized carbons (Fsp3) is 0.286. The first-order valence-corrected chi connectivity index (χ1v) is 9.12. The third-order valence-electron chi connectivity index (χ3n) is 5.23. The fourth-order valence-electron chi connectivity index (χ4n) is 3.71. The van der Waals surface area contributed by atoms with Crippen LogP contribution < -0.4 is 11.1 Å². The van der Waals surface area contributed by atoms with Gasteiger partial charge in [-0.05, 0) is 73.6 Å². The molecule has 1 aromatic heterocycles. The molecule has 1 heterocycles. The van der Waals surface area contributed by atoms with Crippen molar-refractivity contribution in [1.82, 2.24) is 10.2 Å². The Balaban J connectivity index is 0.00000225. The van der Waals surface area contributed by atoms with Gasteiger partial charge in [0.25, 0.3) is 5.91 Å². The molecule has 0 aliphatic heterocycles. The molecule has 0 saturated carbocycles. The summed E-state index contributed by atoms with van der Waals surface area (Å²) in [5, 5.41) is 19.9. The number of anilines is 1. The highest BCUT2D eigenvalue weighted by molar-refractivity contribution is 6.08. The van der Waals surface area contributed by atoms with E-state index in [9.17, 15) is 4.79 Å². The summed E-state index contributed by atoms with van der Waals surface area (Å²) in [6, 6.07) is 11.8. The van der Waals surface area contributed by atoms with Crippen molar-refractivity contribution in [3.63, 3.8) is 0 Å². The van der Waals surface area contributed by atoms with Gasteiger partial charge in [0, 0.05) is 17.0 Å². The molecule has 1 atom stereocenters. The summed E-state index contributed by atoms with van der Waals surface area (Å²) in [5.41, 5.74) is 11.4. The molecule has 7 heteroatoms. The molecular weight excluding hydrogens is 374 g/mol. The summed E-state index contributed by atoms with van der Waals surface area (Å²) in [7, 11) is 0. The number of hydrogen-bond donors (Lipinski definition) is 3. The normalized spacial score (nSPS) is 15.8. The van der Waals surface area contributed by atoms with Gasteiger partial charge in [0.2, 0.25) is 0 Å². The smallest absolute Gasteiger partial charge is 0.256 e. The lowest BCUT2D eigenvalue weighted by atomic mass is 9.99. The molecule has 3 aromatic rings. The molecule has 4 rings (SSSR count). The lowest BCUT2D eigenvalue weighted by Gasteiger charge is -2.11. The quantitative estimate of drug-likeness (QED) is 0.576. The van der Waals surface area contributed by atoms with Crippen LogP contribution in [0.4, 0.5) is 5.82 Å². The van der Waals surface area contributed by atoms with Gasteiger partial charge in [-0.25, -0.2) is 0 Å². The highest BCUT2D eigenvalue weighted by Gasteiger charge is 2.17. The summed E-state index contributed by atoms with van der Waals surface area (Å²) in [6.45, 7) is 1.87. The average molecular weight is 396 g/mol. The van der Waals surface area contributed by atoms with Crippen LogP contribution >= 0.6 is 12.4 Å². The van der Waals surface area contributed by atoms with Crippen molar-refractivity contribution in [2.24, 2.45) is 5.73 Å². The number of aromatic amines is 1. The molecule has 1 aliphatic carbocycles. The van der Waals surface area contributed by atoms with Crippen LogP contribution in [0.5, 0.6) is 0 Å². The van der Waals surface area contributed by atoms with Gasteiger partial charge < -0.3 is 11.1 Å². The Morgan fingerprint density at radius 2 is 2.14 bits per heavy atom. The van der Waals surface area contributed by atoms with Gasteiger partial charge >= 0.3 is 0 Å². The summed E-state index contributed by atoms with van der Waals surface area (Å²) in [4.78, 5) is 12.8. The molecule has 0 spiro atoms. The molecule has 1 amide bonds. The van der Waals surface area contributed by atoms with E-state index in [1.807, 2.05) is 31.2 Å². The van der Waals surface area contributed by atoms with E-state index in [0.717, 1.165) is 47.7 Å². The molecule has 0 fully saturated rings. The van der Waals surface area contributed by atoms with Crippen molar-refractivity contribution in [3.05, 3.63) is 58.1 Å². The number of benzene rings is 2. The number of rotatable bonds is 2.